The summed E-state index contributed by atoms with van der Waals surface area (Å²) in [5, 5.41) is 5.58. The van der Waals surface area contributed by atoms with E-state index in [-0.39, 0.29) is 40.7 Å². The van der Waals surface area contributed by atoms with Crippen LogP contribution in [0.25, 0.3) is 0 Å². The zero-order valence-corrected chi connectivity index (χ0v) is 24.9. The molecule has 1 rings (SSSR count). The molecule has 232 valence electrons. The van der Waals surface area contributed by atoms with Gasteiger partial charge in [-0.05, 0) is 24.8 Å². The van der Waals surface area contributed by atoms with Crippen LogP contribution >= 0.6 is 11.8 Å². The molecule has 1 atom stereocenters. The summed E-state index contributed by atoms with van der Waals surface area (Å²) in [5.74, 6) is 0.313. The van der Waals surface area contributed by atoms with E-state index in [4.69, 9.17) is 29.4 Å². The Labute approximate surface area is 242 Å². The Hall–Kier alpha value is -2.19. The third-order valence-electron chi connectivity index (χ3n) is 4.46. The molecule has 2 amide bonds. The van der Waals surface area contributed by atoms with Crippen molar-refractivity contribution in [3.05, 3.63) is 36.4 Å². The highest BCUT2D eigenvalue weighted by Crippen LogP contribution is 2.19. The van der Waals surface area contributed by atoms with Crippen LogP contribution in [0.4, 0.5) is 5.69 Å². The molecule has 12 heteroatoms. The fraction of sp³-hybridized carbons (Fsp3) is 0.630. The van der Waals surface area contributed by atoms with E-state index in [0.717, 1.165) is 6.42 Å². The molecule has 1 aromatic rings. The first kappa shape index (κ1) is 39.0. The highest BCUT2D eigenvalue weighted by molar-refractivity contribution is 7.99. The Morgan fingerprint density at radius 1 is 1.03 bits per heavy atom. The average Bonchev–Trinajstić information content (AvgIpc) is 2.93. The Bertz CT molecular complexity index is 772. The summed E-state index contributed by atoms with van der Waals surface area (Å²) in [6.07, 6.45) is 7.01. The van der Waals surface area contributed by atoms with Crippen LogP contribution in [-0.2, 0) is 28.5 Å². The number of thioether (sulfide) groups is 1. The van der Waals surface area contributed by atoms with Crippen LogP contribution in [0.2, 0.25) is 0 Å². The third-order valence-corrected chi connectivity index (χ3v) is 5.26. The number of nitrogens with two attached hydrogens (primary N) is 1. The monoisotopic (exact) mass is 580 g/mol. The van der Waals surface area contributed by atoms with Gasteiger partial charge in [-0.1, -0.05) is 39.0 Å². The van der Waals surface area contributed by atoms with Gasteiger partial charge < -0.3 is 46.2 Å². The molecule has 11 nitrogen and oxygen atoms in total. The molecule has 0 saturated carbocycles. The van der Waals surface area contributed by atoms with Crippen molar-refractivity contribution in [1.29, 1.82) is 0 Å². The van der Waals surface area contributed by atoms with Gasteiger partial charge >= 0.3 is 0 Å². The molecule has 0 bridgehead atoms. The second-order valence-electron chi connectivity index (χ2n) is 7.42. The van der Waals surface area contributed by atoms with E-state index in [1.165, 1.54) is 11.8 Å². The van der Waals surface area contributed by atoms with Crippen molar-refractivity contribution in [2.75, 3.05) is 77.5 Å². The molecule has 0 radical (unpaired) electrons. The van der Waals surface area contributed by atoms with E-state index in [9.17, 15) is 9.59 Å². The minimum Gasteiger partial charge on any atom is -0.490 e. The standard InChI is InChI=1S/C25H41N3O7S.C2H6.H3N.3H2/c1-3-4-5-11-27-24(30)19-33-16-17-34-25(36-2)20-35-22-8-6-7-21(18-22)28-23(29)9-12-31-14-15-32-13-10-26;1-2;;;;/h4-8,18,25H,3,9-17,19-20,26H2,1-2H3,(H,27,30)(H,28,29);1-2H3;1H3;3*1H/b5-4+;;;;;. The normalized spacial score (nSPS) is 11.2. The lowest BCUT2D eigenvalue weighted by Crippen LogP contribution is -2.28. The van der Waals surface area contributed by atoms with Crippen molar-refractivity contribution >= 4 is 29.3 Å². The Morgan fingerprint density at radius 3 is 2.44 bits per heavy atom. The van der Waals surface area contributed by atoms with E-state index in [2.05, 4.69) is 10.6 Å². The first-order valence-corrected chi connectivity index (χ1v) is 14.4. The first-order chi connectivity index (χ1) is 18.6. The van der Waals surface area contributed by atoms with Crippen molar-refractivity contribution in [2.24, 2.45) is 5.73 Å². The predicted octanol–water partition coefficient (Wildman–Crippen LogP) is 4.12. The second kappa shape index (κ2) is 28.8. The Kier molecular flexibility index (Phi) is 28.8. The lowest BCUT2D eigenvalue weighted by molar-refractivity contribution is -0.126. The fourth-order valence-electron chi connectivity index (χ4n) is 2.68. The van der Waals surface area contributed by atoms with Crippen LogP contribution in [0.3, 0.4) is 0 Å². The lowest BCUT2D eigenvalue weighted by Gasteiger charge is -2.17. The molecule has 39 heavy (non-hydrogen) atoms. The van der Waals surface area contributed by atoms with Crippen molar-refractivity contribution in [2.45, 2.75) is 39.0 Å². The van der Waals surface area contributed by atoms with Crippen LogP contribution in [0.1, 0.15) is 37.9 Å². The molecular weight excluding hydrogens is 524 g/mol. The van der Waals surface area contributed by atoms with Crippen LogP contribution in [0, 0.1) is 0 Å². The van der Waals surface area contributed by atoms with Gasteiger partial charge in [0, 0.05) is 29.1 Å². The van der Waals surface area contributed by atoms with Crippen LogP contribution in [0.15, 0.2) is 36.4 Å². The minimum atomic E-state index is -0.203. The highest BCUT2D eigenvalue weighted by atomic mass is 32.2. The Morgan fingerprint density at radius 2 is 1.74 bits per heavy atom. The number of hydrogen-bond donors (Lipinski definition) is 4. The molecule has 1 aromatic carbocycles. The van der Waals surface area contributed by atoms with Crippen molar-refractivity contribution in [3.63, 3.8) is 0 Å². The number of hydrogen-bond acceptors (Lipinski definition) is 10. The third kappa shape index (κ3) is 23.4. The molecule has 0 spiro atoms. The highest BCUT2D eigenvalue weighted by Gasteiger charge is 2.10. The van der Waals surface area contributed by atoms with E-state index < -0.39 is 0 Å². The van der Waals surface area contributed by atoms with Crippen molar-refractivity contribution < 1.29 is 37.6 Å². The molecule has 0 aliphatic carbocycles. The van der Waals surface area contributed by atoms with E-state index in [0.29, 0.717) is 70.8 Å². The van der Waals surface area contributed by atoms with Gasteiger partial charge in [-0.3, -0.25) is 9.59 Å². The number of anilines is 1. The van der Waals surface area contributed by atoms with E-state index in [1.54, 1.807) is 12.1 Å². The summed E-state index contributed by atoms with van der Waals surface area (Å²) in [4.78, 5) is 23.8. The number of amides is 2. The van der Waals surface area contributed by atoms with Crippen LogP contribution < -0.4 is 27.3 Å². The first-order valence-electron chi connectivity index (χ1n) is 13.1. The molecule has 0 heterocycles. The van der Waals surface area contributed by atoms with Crippen LogP contribution in [0.5, 0.6) is 5.75 Å². The van der Waals surface area contributed by atoms with Gasteiger partial charge in [-0.15, -0.1) is 11.8 Å². The van der Waals surface area contributed by atoms with Crippen molar-refractivity contribution in [3.8, 4) is 5.75 Å². The topological polar surface area (TPSA) is 165 Å². The summed E-state index contributed by atoms with van der Waals surface area (Å²) in [5.41, 5.74) is 5.77. The maximum Gasteiger partial charge on any atom is 0.246 e. The van der Waals surface area contributed by atoms with Gasteiger partial charge in [-0.25, -0.2) is 0 Å². The second-order valence-corrected chi connectivity index (χ2v) is 8.42. The number of nitrogens with one attached hydrogen (secondary N) is 2. The molecule has 7 N–H and O–H groups in total. The minimum absolute atomic E-state index is 0. The number of carbonyl (C=O) groups is 2. The largest absolute Gasteiger partial charge is 0.490 e. The van der Waals surface area contributed by atoms with Crippen LogP contribution in [-0.4, -0.2) is 89.5 Å². The van der Waals surface area contributed by atoms with Gasteiger partial charge in [-0.2, -0.15) is 0 Å². The molecule has 0 saturated heterocycles. The fourth-order valence-corrected chi connectivity index (χ4v) is 3.12. The Balaban J connectivity index is -0.000000743. The SMILES string of the molecule is CC.CC/C=C/CNC(=O)COCCOC(COc1cccc(NC(=O)CCOCCOCCN)c1)SC.N.[HH].[HH].[HH]. The maximum absolute atomic E-state index is 12.1. The summed E-state index contributed by atoms with van der Waals surface area (Å²) in [7, 11) is 0. The van der Waals surface area contributed by atoms with Gasteiger partial charge in [0.1, 0.15) is 24.4 Å². The molecule has 0 aliphatic rings. The van der Waals surface area contributed by atoms with E-state index in [1.807, 2.05) is 51.3 Å². The molecule has 1 unspecified atom stereocenters. The smallest absolute Gasteiger partial charge is 0.246 e. The zero-order chi connectivity index (χ0) is 28.3. The van der Waals surface area contributed by atoms with Crippen molar-refractivity contribution in [1.82, 2.24) is 11.5 Å². The van der Waals surface area contributed by atoms with Gasteiger partial charge in [0.2, 0.25) is 11.8 Å². The van der Waals surface area contributed by atoms with Gasteiger partial charge in [0.05, 0.1) is 46.1 Å². The molecule has 0 aliphatic heterocycles. The number of rotatable bonds is 22. The van der Waals surface area contributed by atoms with Gasteiger partial charge in [0.15, 0.2) is 0 Å². The summed E-state index contributed by atoms with van der Waals surface area (Å²) >= 11 is 1.51. The quantitative estimate of drug-likeness (QED) is 0.0890. The number of allylic oxidation sites excluding steroid dienone is 1. The maximum atomic E-state index is 12.1. The zero-order valence-electron chi connectivity index (χ0n) is 24.1. The summed E-state index contributed by atoms with van der Waals surface area (Å²) in [6.45, 7) is 9.68. The number of carbonyl (C=O) groups excluding carboxylic acids is 2. The van der Waals surface area contributed by atoms with Gasteiger partial charge in [0.25, 0.3) is 0 Å². The molecular formula is C27H56N4O7S. The summed E-state index contributed by atoms with van der Waals surface area (Å²) in [6, 6.07) is 7.17. The van der Waals surface area contributed by atoms with E-state index >= 15 is 0 Å². The predicted molar refractivity (Wildman–Crippen MR) is 165 cm³/mol. The number of ether oxygens (including phenoxy) is 5. The lowest BCUT2D eigenvalue weighted by atomic mass is 10.3. The average molecular weight is 581 g/mol. The molecule has 0 fully saturated rings. The molecule has 0 aromatic heterocycles. The number of benzene rings is 1. The summed E-state index contributed by atoms with van der Waals surface area (Å²) < 4.78 is 27.5.